The number of carboxylic acid groups (broad SMARTS) is 1. The van der Waals surface area contributed by atoms with Crippen molar-refractivity contribution < 1.29 is 34.4 Å². The standard InChI is InChI=1S/C15H17I3N2O7.ClH/c1-27-5-7(23)3-19-13-11(17)8(14(24)20-2-6(22)4-21)10(16)9(12(13)18)15(25)26;/h6,19,21-22H,2-5H2,1H3,(H,20,24)(H,25,26);1H. The van der Waals surface area contributed by atoms with E-state index in [1.165, 1.54) is 7.11 Å². The van der Waals surface area contributed by atoms with E-state index in [9.17, 15) is 24.6 Å². The minimum Gasteiger partial charge on any atom is -0.478 e. The van der Waals surface area contributed by atoms with E-state index in [-0.39, 0.29) is 52.6 Å². The highest BCUT2D eigenvalue weighted by molar-refractivity contribution is 14.1. The first kappa shape index (κ1) is 28.0. The average Bonchev–Trinajstić information content (AvgIpc) is 2.59. The minimum atomic E-state index is -1.21. The number of carboxylic acids is 1. The highest BCUT2D eigenvalue weighted by atomic mass is 127. The van der Waals surface area contributed by atoms with E-state index in [1.54, 1.807) is 22.6 Å². The summed E-state index contributed by atoms with van der Waals surface area (Å²) in [5.74, 6) is -2.05. The Hall–Kier alpha value is -0.0100. The van der Waals surface area contributed by atoms with E-state index in [1.807, 2.05) is 45.2 Å². The lowest BCUT2D eigenvalue weighted by atomic mass is 10.1. The normalized spacial score (nSPS) is 11.4. The van der Waals surface area contributed by atoms with Crippen molar-refractivity contribution in [3.63, 3.8) is 0 Å². The van der Waals surface area contributed by atoms with Gasteiger partial charge in [0, 0.05) is 17.2 Å². The summed E-state index contributed by atoms with van der Waals surface area (Å²) in [6.07, 6.45) is -1.13. The molecule has 9 nitrogen and oxygen atoms in total. The number of hydrogen-bond donors (Lipinski definition) is 5. The lowest BCUT2D eigenvalue weighted by Crippen LogP contribution is -2.35. The van der Waals surface area contributed by atoms with Gasteiger partial charge in [-0.2, -0.15) is 0 Å². The summed E-state index contributed by atoms with van der Waals surface area (Å²) in [6.45, 7) is -0.895. The zero-order valence-corrected chi connectivity index (χ0v) is 21.7. The number of carbonyl (C=O) groups is 3. The van der Waals surface area contributed by atoms with Gasteiger partial charge in [-0.3, -0.25) is 9.59 Å². The van der Waals surface area contributed by atoms with Crippen molar-refractivity contribution in [1.29, 1.82) is 0 Å². The van der Waals surface area contributed by atoms with Crippen molar-refractivity contribution >= 4 is 104 Å². The predicted molar refractivity (Wildman–Crippen MR) is 130 cm³/mol. The first-order valence-corrected chi connectivity index (χ1v) is 10.6. The molecule has 0 saturated heterocycles. The molecule has 0 aliphatic heterocycles. The number of halogens is 4. The van der Waals surface area contributed by atoms with Crippen molar-refractivity contribution in [1.82, 2.24) is 5.32 Å². The number of Topliss-reactive ketones (excluding diaryl/α,β-unsaturated/α-hetero) is 1. The number of methoxy groups -OCH3 is 1. The number of aliphatic hydroxyl groups is 2. The Balaban J connectivity index is 0.00000729. The third-order valence-corrected chi connectivity index (χ3v) is 6.47. The van der Waals surface area contributed by atoms with Crippen LogP contribution in [0.1, 0.15) is 20.7 Å². The molecule has 0 aromatic heterocycles. The fourth-order valence-corrected chi connectivity index (χ4v) is 6.47. The van der Waals surface area contributed by atoms with Crippen LogP contribution in [-0.4, -0.2) is 72.5 Å². The number of nitrogens with one attached hydrogen (secondary N) is 2. The zero-order valence-electron chi connectivity index (χ0n) is 14.4. The van der Waals surface area contributed by atoms with Crippen molar-refractivity contribution in [2.24, 2.45) is 0 Å². The molecule has 1 aromatic rings. The molecule has 0 spiro atoms. The summed E-state index contributed by atoms with van der Waals surface area (Å²) in [5, 5.41) is 33.2. The van der Waals surface area contributed by atoms with Crippen LogP contribution in [0.3, 0.4) is 0 Å². The SMILES string of the molecule is COCC(=O)CNc1c(I)c(C(=O)O)c(I)c(C(=O)NCC(O)CO)c1I.Cl. The molecule has 1 aromatic carbocycles. The monoisotopic (exact) mass is 754 g/mol. The number of aromatic carboxylic acids is 1. The summed E-state index contributed by atoms with van der Waals surface area (Å²) >= 11 is 5.54. The second kappa shape index (κ2) is 13.3. The minimum absolute atomic E-state index is 0. The van der Waals surface area contributed by atoms with Gasteiger partial charge in [-0.25, -0.2) is 4.79 Å². The lowest BCUT2D eigenvalue weighted by molar-refractivity contribution is -0.120. The van der Waals surface area contributed by atoms with Crippen molar-refractivity contribution in [3.8, 4) is 0 Å². The fraction of sp³-hybridized carbons (Fsp3) is 0.400. The highest BCUT2D eigenvalue weighted by Gasteiger charge is 2.28. The molecule has 1 rings (SSSR count). The van der Waals surface area contributed by atoms with Crippen LogP contribution in [0.15, 0.2) is 0 Å². The van der Waals surface area contributed by atoms with Crippen LogP contribution in [0, 0.1) is 10.7 Å². The molecule has 0 fully saturated rings. The van der Waals surface area contributed by atoms with Crippen LogP contribution < -0.4 is 10.6 Å². The Kier molecular flexibility index (Phi) is 13.3. The van der Waals surface area contributed by atoms with Gasteiger partial charge in [-0.1, -0.05) is 0 Å². The van der Waals surface area contributed by atoms with Crippen LogP contribution in [-0.2, 0) is 9.53 Å². The Labute approximate surface area is 208 Å². The molecule has 0 radical (unpaired) electrons. The molecule has 0 aliphatic carbocycles. The molecule has 0 bridgehead atoms. The van der Waals surface area contributed by atoms with Gasteiger partial charge in [-0.15, -0.1) is 12.4 Å². The molecule has 28 heavy (non-hydrogen) atoms. The van der Waals surface area contributed by atoms with Crippen LogP contribution in [0.5, 0.6) is 0 Å². The van der Waals surface area contributed by atoms with Crippen LogP contribution >= 0.6 is 80.2 Å². The second-order valence-electron chi connectivity index (χ2n) is 5.24. The molecule has 1 unspecified atom stereocenters. The molecule has 13 heteroatoms. The van der Waals surface area contributed by atoms with Crippen LogP contribution in [0.25, 0.3) is 0 Å². The molecule has 0 saturated carbocycles. The number of amides is 1. The average molecular weight is 754 g/mol. The van der Waals surface area contributed by atoms with E-state index in [0.29, 0.717) is 12.8 Å². The Morgan fingerprint density at radius 2 is 1.68 bits per heavy atom. The number of hydrogen-bond acceptors (Lipinski definition) is 7. The van der Waals surface area contributed by atoms with Crippen LogP contribution in [0.4, 0.5) is 5.69 Å². The quantitative estimate of drug-likeness (QED) is 0.225. The predicted octanol–water partition coefficient (Wildman–Crippen LogP) is 1.33. The van der Waals surface area contributed by atoms with Crippen molar-refractivity contribution in [3.05, 3.63) is 21.8 Å². The van der Waals surface area contributed by atoms with E-state index in [2.05, 4.69) is 10.6 Å². The highest BCUT2D eigenvalue weighted by Crippen LogP contribution is 2.35. The molecule has 0 heterocycles. The third-order valence-electron chi connectivity index (χ3n) is 3.23. The zero-order chi connectivity index (χ0) is 20.7. The molecule has 5 N–H and O–H groups in total. The van der Waals surface area contributed by atoms with Gasteiger partial charge in [0.15, 0.2) is 5.78 Å². The van der Waals surface area contributed by atoms with E-state index in [4.69, 9.17) is 9.84 Å². The molecule has 1 amide bonds. The van der Waals surface area contributed by atoms with Crippen molar-refractivity contribution in [2.45, 2.75) is 6.10 Å². The number of aliphatic hydroxyl groups excluding tert-OH is 2. The molecular formula is C15H18ClI3N2O7. The topological polar surface area (TPSA) is 145 Å². The maximum Gasteiger partial charge on any atom is 0.337 e. The van der Waals surface area contributed by atoms with Gasteiger partial charge in [0.05, 0.1) is 43.2 Å². The summed E-state index contributed by atoms with van der Waals surface area (Å²) in [5.41, 5.74) is 0.401. The van der Waals surface area contributed by atoms with E-state index >= 15 is 0 Å². The number of carbonyl (C=O) groups excluding carboxylic acids is 2. The van der Waals surface area contributed by atoms with Crippen LogP contribution in [0.2, 0.25) is 0 Å². The molecular weight excluding hydrogens is 736 g/mol. The van der Waals surface area contributed by atoms with Gasteiger partial charge < -0.3 is 30.7 Å². The van der Waals surface area contributed by atoms with E-state index in [0.717, 1.165) is 0 Å². The van der Waals surface area contributed by atoms with Gasteiger partial charge in [-0.05, 0) is 67.8 Å². The Morgan fingerprint density at radius 1 is 1.11 bits per heavy atom. The number of rotatable bonds is 10. The first-order chi connectivity index (χ1) is 12.6. The van der Waals surface area contributed by atoms with Gasteiger partial charge >= 0.3 is 5.97 Å². The smallest absolute Gasteiger partial charge is 0.337 e. The maximum atomic E-state index is 12.6. The molecule has 0 aliphatic rings. The molecule has 1 atom stereocenters. The second-order valence-corrected chi connectivity index (χ2v) is 8.48. The Bertz CT molecular complexity index is 749. The van der Waals surface area contributed by atoms with Gasteiger partial charge in [0.25, 0.3) is 5.91 Å². The van der Waals surface area contributed by atoms with E-state index < -0.39 is 24.6 Å². The largest absolute Gasteiger partial charge is 0.478 e. The summed E-state index contributed by atoms with van der Waals surface area (Å²) in [6, 6.07) is 0. The fourth-order valence-electron chi connectivity index (χ4n) is 1.97. The maximum absolute atomic E-state index is 12.6. The number of ether oxygens (including phenoxy) is 1. The number of benzene rings is 1. The summed E-state index contributed by atoms with van der Waals surface area (Å²) in [4.78, 5) is 36.0. The summed E-state index contributed by atoms with van der Waals surface area (Å²) < 4.78 is 5.80. The summed E-state index contributed by atoms with van der Waals surface area (Å²) in [7, 11) is 1.39. The lowest BCUT2D eigenvalue weighted by Gasteiger charge is -2.19. The first-order valence-electron chi connectivity index (χ1n) is 7.40. The number of ketones is 1. The Morgan fingerprint density at radius 3 is 2.18 bits per heavy atom. The number of anilines is 1. The van der Waals surface area contributed by atoms with Gasteiger partial charge in [0.1, 0.15) is 6.61 Å². The van der Waals surface area contributed by atoms with Gasteiger partial charge in [0.2, 0.25) is 0 Å². The molecule has 158 valence electrons. The van der Waals surface area contributed by atoms with Crippen molar-refractivity contribution in [2.75, 3.05) is 38.7 Å². The third kappa shape index (κ3) is 7.35.